The maximum atomic E-state index is 10.7. The number of carbonyl (C=O) groups is 1. The Kier molecular flexibility index (Phi) is 8.69. The van der Waals surface area contributed by atoms with Crippen molar-refractivity contribution in [3.63, 3.8) is 0 Å². The van der Waals surface area contributed by atoms with Crippen LogP contribution in [0.25, 0.3) is 0 Å². The van der Waals surface area contributed by atoms with Crippen LogP contribution in [0.4, 0.5) is 0 Å². The predicted molar refractivity (Wildman–Crippen MR) is 41.7 cm³/mol. The molecule has 1 rings (SSSR count). The minimum Gasteiger partial charge on any atom is -0.790 e. The number of cyclic esters (lactones) is 1. The first-order valence-electron chi connectivity index (χ1n) is 3.90. The van der Waals surface area contributed by atoms with Crippen molar-refractivity contribution in [1.29, 1.82) is 0 Å². The van der Waals surface area contributed by atoms with E-state index in [0.29, 0.717) is 0 Å². The van der Waals surface area contributed by atoms with Crippen LogP contribution in [0.5, 0.6) is 0 Å². The van der Waals surface area contributed by atoms with Gasteiger partial charge in [-0.3, -0.25) is 0 Å². The fraction of sp³-hybridized carbons (Fsp3) is 0.500. The van der Waals surface area contributed by atoms with E-state index in [4.69, 9.17) is 10.2 Å². The molecule has 0 spiro atoms. The first-order chi connectivity index (χ1) is 7.22. The van der Waals surface area contributed by atoms with Gasteiger partial charge in [-0.2, -0.15) is 0 Å². The van der Waals surface area contributed by atoms with E-state index in [-0.39, 0.29) is 39.0 Å². The van der Waals surface area contributed by atoms with Crippen LogP contribution in [-0.4, -0.2) is 40.1 Å². The molecular formula is C6H7O9PZn2-2. The second kappa shape index (κ2) is 7.65. The van der Waals surface area contributed by atoms with Gasteiger partial charge in [-0.05, 0) is 0 Å². The summed E-state index contributed by atoms with van der Waals surface area (Å²) in [7, 11) is -5.27. The van der Waals surface area contributed by atoms with E-state index in [9.17, 15) is 24.3 Å². The smallest absolute Gasteiger partial charge is 0.377 e. The number of aliphatic hydroxyl groups is 3. The zero-order valence-corrected chi connectivity index (χ0v) is 15.8. The molecule has 0 bridgehead atoms. The van der Waals surface area contributed by atoms with Crippen LogP contribution >= 0.6 is 7.82 Å². The van der Waals surface area contributed by atoms with Gasteiger partial charge in [-0.25, -0.2) is 4.79 Å². The van der Waals surface area contributed by atoms with E-state index < -0.39 is 44.1 Å². The molecule has 2 atom stereocenters. The van der Waals surface area contributed by atoms with Crippen molar-refractivity contribution in [2.24, 2.45) is 0 Å². The maximum absolute atomic E-state index is 10.7. The minimum absolute atomic E-state index is 0. The van der Waals surface area contributed by atoms with Crippen LogP contribution in [0, 0.1) is 0 Å². The molecule has 0 aliphatic carbocycles. The third-order valence-corrected chi connectivity index (χ3v) is 2.16. The average molecular weight is 385 g/mol. The van der Waals surface area contributed by atoms with Gasteiger partial charge in [0.1, 0.15) is 6.10 Å². The summed E-state index contributed by atoms with van der Waals surface area (Å²) < 4.78 is 18.1. The average Bonchev–Trinajstić information content (AvgIpc) is 2.41. The van der Waals surface area contributed by atoms with E-state index in [1.165, 1.54) is 0 Å². The molecule has 3 N–H and O–H groups in total. The summed E-state index contributed by atoms with van der Waals surface area (Å²) in [5.74, 6) is -3.31. The van der Waals surface area contributed by atoms with Gasteiger partial charge < -0.3 is 38.9 Å². The number of aliphatic hydroxyl groups excluding tert-OH is 3. The Bertz CT molecular complexity index is 377. The summed E-state index contributed by atoms with van der Waals surface area (Å²) in [5, 5.41) is 27.1. The number of carbonyl (C=O) groups excluding carboxylic acids is 1. The van der Waals surface area contributed by atoms with E-state index in [0.717, 1.165) is 0 Å². The minimum atomic E-state index is -5.27. The molecule has 12 heteroatoms. The topological polar surface area (TPSA) is 159 Å². The molecule has 2 unspecified atom stereocenters. The number of ether oxygens (including phenoxy) is 1. The summed E-state index contributed by atoms with van der Waals surface area (Å²) in [6.07, 6.45) is -3.44. The first kappa shape index (κ1) is 20.4. The van der Waals surface area contributed by atoms with Crippen LogP contribution < -0.4 is 9.79 Å². The number of hydrogen-bond donors (Lipinski definition) is 3. The van der Waals surface area contributed by atoms with Crippen molar-refractivity contribution in [2.45, 2.75) is 12.2 Å². The summed E-state index contributed by atoms with van der Waals surface area (Å²) in [6, 6.07) is 0. The molecule has 0 amide bonds. The molecule has 96 valence electrons. The molecule has 1 heterocycles. The molecule has 0 radical (unpaired) electrons. The largest absolute Gasteiger partial charge is 0.790 e. The van der Waals surface area contributed by atoms with Crippen LogP contribution in [-0.2, 0) is 57.6 Å². The molecular weight excluding hydrogens is 378 g/mol. The Balaban J connectivity index is 0. The Morgan fingerprint density at radius 3 is 2.22 bits per heavy atom. The SMILES string of the molecule is O=C1OC(C(O)COP(=O)([O-])[O-])C(O)=C1O.[Zn].[Zn]. The zero-order chi connectivity index (χ0) is 12.5. The molecule has 0 saturated heterocycles. The number of phosphoric ester groups is 1. The molecule has 18 heavy (non-hydrogen) atoms. The fourth-order valence-corrected chi connectivity index (χ4v) is 1.32. The molecule has 0 aromatic heterocycles. The maximum Gasteiger partial charge on any atom is 0.377 e. The first-order valence-corrected chi connectivity index (χ1v) is 5.36. The van der Waals surface area contributed by atoms with Crippen molar-refractivity contribution >= 4 is 13.8 Å². The van der Waals surface area contributed by atoms with Gasteiger partial charge in [0.15, 0.2) is 11.9 Å². The Labute approximate surface area is 127 Å². The molecule has 0 aromatic carbocycles. The van der Waals surface area contributed by atoms with Gasteiger partial charge in [0.2, 0.25) is 5.76 Å². The van der Waals surface area contributed by atoms with Gasteiger partial charge in [0.25, 0.3) is 0 Å². The number of phosphoric acid groups is 1. The summed E-state index contributed by atoms with van der Waals surface area (Å²) in [6.45, 7) is -1.00. The van der Waals surface area contributed by atoms with Crippen molar-refractivity contribution in [3.8, 4) is 0 Å². The number of esters is 1. The van der Waals surface area contributed by atoms with E-state index in [1.807, 2.05) is 0 Å². The monoisotopic (exact) mass is 382 g/mol. The van der Waals surface area contributed by atoms with Gasteiger partial charge in [0, 0.05) is 39.0 Å². The Hall–Kier alpha value is 0.127. The van der Waals surface area contributed by atoms with Crippen LogP contribution in [0.15, 0.2) is 11.5 Å². The molecule has 0 aromatic rings. The summed E-state index contributed by atoms with van der Waals surface area (Å²) in [5.41, 5.74) is 0. The fourth-order valence-electron chi connectivity index (χ4n) is 0.982. The van der Waals surface area contributed by atoms with Crippen molar-refractivity contribution in [1.82, 2.24) is 0 Å². The third-order valence-electron chi connectivity index (χ3n) is 1.69. The molecule has 9 nitrogen and oxygen atoms in total. The Morgan fingerprint density at radius 1 is 1.39 bits per heavy atom. The normalized spacial score (nSPS) is 20.8. The van der Waals surface area contributed by atoms with Crippen LogP contribution in [0.3, 0.4) is 0 Å². The quantitative estimate of drug-likeness (QED) is 0.269. The zero-order valence-electron chi connectivity index (χ0n) is 9.01. The summed E-state index contributed by atoms with van der Waals surface area (Å²) in [4.78, 5) is 30.8. The predicted octanol–water partition coefficient (Wildman–Crippen LogP) is -2.56. The summed E-state index contributed by atoms with van der Waals surface area (Å²) >= 11 is 0. The van der Waals surface area contributed by atoms with Crippen molar-refractivity contribution < 1.29 is 82.7 Å². The van der Waals surface area contributed by atoms with Crippen molar-refractivity contribution in [2.75, 3.05) is 6.61 Å². The second-order valence-electron chi connectivity index (χ2n) is 2.87. The standard InChI is InChI=1S/C6H9O9P.2Zn/c7-2(1-14-16(11,12)13)5-3(8)4(9)6(10)15-5;;/h2,5,7-9H,1H2,(H2,11,12,13);;/p-2. The van der Waals surface area contributed by atoms with Crippen LogP contribution in [0.2, 0.25) is 0 Å². The second-order valence-corrected chi connectivity index (χ2v) is 4.02. The van der Waals surface area contributed by atoms with E-state index >= 15 is 0 Å². The Morgan fingerprint density at radius 2 is 1.89 bits per heavy atom. The van der Waals surface area contributed by atoms with Crippen LogP contribution in [0.1, 0.15) is 0 Å². The third kappa shape index (κ3) is 5.41. The molecule has 1 aliphatic rings. The molecule has 0 fully saturated rings. The number of hydrogen-bond acceptors (Lipinski definition) is 9. The number of rotatable bonds is 4. The van der Waals surface area contributed by atoms with E-state index in [2.05, 4.69) is 9.26 Å². The molecule has 1 aliphatic heterocycles. The molecule has 0 saturated carbocycles. The van der Waals surface area contributed by atoms with Gasteiger partial charge >= 0.3 is 5.97 Å². The van der Waals surface area contributed by atoms with Crippen molar-refractivity contribution in [3.05, 3.63) is 11.5 Å². The van der Waals surface area contributed by atoms with Gasteiger partial charge in [-0.1, -0.05) is 0 Å². The van der Waals surface area contributed by atoms with E-state index in [1.54, 1.807) is 0 Å². The van der Waals surface area contributed by atoms with Gasteiger partial charge in [0.05, 0.1) is 14.4 Å². The van der Waals surface area contributed by atoms with Gasteiger partial charge in [-0.15, -0.1) is 0 Å².